The van der Waals surface area contributed by atoms with E-state index < -0.39 is 6.10 Å². The molecule has 0 radical (unpaired) electrons. The maximum absolute atomic E-state index is 12.4. The first-order valence-electron chi connectivity index (χ1n) is 8.05. The molecule has 2 aromatic carbocycles. The lowest BCUT2D eigenvalue weighted by Crippen LogP contribution is -2.47. The summed E-state index contributed by atoms with van der Waals surface area (Å²) in [6, 6.07) is 15.7. The summed E-state index contributed by atoms with van der Waals surface area (Å²) in [5.74, 6) is 1.17. The zero-order valence-corrected chi connectivity index (χ0v) is 15.1. The van der Waals surface area contributed by atoms with Crippen molar-refractivity contribution >= 4 is 21.8 Å². The molecule has 0 saturated heterocycles. The first-order chi connectivity index (χ1) is 11.6. The minimum absolute atomic E-state index is 0.0712. The minimum Gasteiger partial charge on any atom is -0.485 e. The third-order valence-corrected chi connectivity index (χ3v) is 4.50. The first kappa shape index (κ1) is 16.8. The molecule has 5 heteroatoms. The molecule has 126 valence electrons. The number of nitrogens with one attached hydrogen (secondary N) is 1. The van der Waals surface area contributed by atoms with Crippen LogP contribution in [0.5, 0.6) is 11.5 Å². The molecule has 2 atom stereocenters. The SMILES string of the molecule is CC(CCc1ccc(Br)cc1)NC(=O)C1COc2ccccc2O1. The average Bonchev–Trinajstić information content (AvgIpc) is 2.61. The van der Waals surface area contributed by atoms with Crippen LogP contribution in [0.2, 0.25) is 0 Å². The van der Waals surface area contributed by atoms with Crippen LogP contribution < -0.4 is 14.8 Å². The standard InChI is InChI=1S/C19H20BrNO3/c1-13(6-7-14-8-10-15(20)11-9-14)21-19(22)18-12-23-16-4-2-3-5-17(16)24-18/h2-5,8-11,13,18H,6-7,12H2,1H3,(H,21,22). The summed E-state index contributed by atoms with van der Waals surface area (Å²) in [5.41, 5.74) is 1.26. The lowest BCUT2D eigenvalue weighted by molar-refractivity contribution is -0.131. The van der Waals surface area contributed by atoms with E-state index in [4.69, 9.17) is 9.47 Å². The van der Waals surface area contributed by atoms with Gasteiger partial charge in [0.15, 0.2) is 11.5 Å². The van der Waals surface area contributed by atoms with Crippen LogP contribution in [-0.2, 0) is 11.2 Å². The Morgan fingerprint density at radius 3 is 2.67 bits per heavy atom. The molecule has 1 aliphatic rings. The summed E-state index contributed by atoms with van der Waals surface area (Å²) in [6.07, 6.45) is 1.19. The molecular weight excluding hydrogens is 370 g/mol. The first-order valence-corrected chi connectivity index (χ1v) is 8.84. The number of hydrogen-bond donors (Lipinski definition) is 1. The molecular formula is C19H20BrNO3. The van der Waals surface area contributed by atoms with Gasteiger partial charge in [0.1, 0.15) is 6.61 Å². The molecule has 24 heavy (non-hydrogen) atoms. The van der Waals surface area contributed by atoms with Crippen LogP contribution in [0, 0.1) is 0 Å². The van der Waals surface area contributed by atoms with Gasteiger partial charge in [-0.2, -0.15) is 0 Å². The molecule has 2 unspecified atom stereocenters. The summed E-state index contributed by atoms with van der Waals surface area (Å²) in [6.45, 7) is 2.25. The zero-order chi connectivity index (χ0) is 16.9. The van der Waals surface area contributed by atoms with Gasteiger partial charge in [-0.25, -0.2) is 0 Å². The Kier molecular flexibility index (Phi) is 5.41. The Labute approximate surface area is 150 Å². The molecule has 1 heterocycles. The number of aryl methyl sites for hydroxylation is 1. The molecule has 1 amide bonds. The zero-order valence-electron chi connectivity index (χ0n) is 13.5. The molecule has 0 aliphatic carbocycles. The van der Waals surface area contributed by atoms with Gasteiger partial charge in [-0.3, -0.25) is 4.79 Å². The van der Waals surface area contributed by atoms with Gasteiger partial charge in [-0.1, -0.05) is 40.2 Å². The van der Waals surface area contributed by atoms with E-state index in [0.717, 1.165) is 17.3 Å². The van der Waals surface area contributed by atoms with E-state index in [1.807, 2.05) is 43.3 Å². The van der Waals surface area contributed by atoms with Crippen LogP contribution in [0.4, 0.5) is 0 Å². The Hall–Kier alpha value is -2.01. The van der Waals surface area contributed by atoms with E-state index >= 15 is 0 Å². The predicted octanol–water partition coefficient (Wildman–Crippen LogP) is 3.73. The van der Waals surface area contributed by atoms with E-state index in [1.165, 1.54) is 5.56 Å². The molecule has 0 bridgehead atoms. The molecule has 0 saturated carbocycles. The van der Waals surface area contributed by atoms with Crippen LogP contribution in [0.3, 0.4) is 0 Å². The summed E-state index contributed by atoms with van der Waals surface area (Å²) < 4.78 is 12.4. The van der Waals surface area contributed by atoms with Crippen LogP contribution in [-0.4, -0.2) is 24.7 Å². The van der Waals surface area contributed by atoms with Crippen LogP contribution in [0.25, 0.3) is 0 Å². The number of amides is 1. The van der Waals surface area contributed by atoms with E-state index in [-0.39, 0.29) is 18.6 Å². The fourth-order valence-corrected chi connectivity index (χ4v) is 2.86. The third-order valence-electron chi connectivity index (χ3n) is 3.97. The second kappa shape index (κ2) is 7.71. The van der Waals surface area contributed by atoms with Crippen molar-refractivity contribution in [2.24, 2.45) is 0 Å². The molecule has 1 N–H and O–H groups in total. The van der Waals surface area contributed by atoms with Crippen molar-refractivity contribution in [1.82, 2.24) is 5.32 Å². The van der Waals surface area contributed by atoms with Gasteiger partial charge in [0.2, 0.25) is 6.10 Å². The highest BCUT2D eigenvalue weighted by molar-refractivity contribution is 9.10. The maximum Gasteiger partial charge on any atom is 0.264 e. The van der Waals surface area contributed by atoms with Crippen molar-refractivity contribution in [3.63, 3.8) is 0 Å². The van der Waals surface area contributed by atoms with E-state index in [1.54, 1.807) is 0 Å². The number of para-hydroxylation sites is 2. The van der Waals surface area contributed by atoms with Gasteiger partial charge in [0.05, 0.1) is 0 Å². The highest BCUT2D eigenvalue weighted by Crippen LogP contribution is 2.30. The Morgan fingerprint density at radius 1 is 1.21 bits per heavy atom. The Balaban J connectivity index is 1.49. The largest absolute Gasteiger partial charge is 0.485 e. The van der Waals surface area contributed by atoms with Crippen LogP contribution in [0.15, 0.2) is 53.0 Å². The lowest BCUT2D eigenvalue weighted by Gasteiger charge is -2.26. The van der Waals surface area contributed by atoms with E-state index in [0.29, 0.717) is 11.5 Å². The summed E-state index contributed by atoms with van der Waals surface area (Å²) in [7, 11) is 0. The smallest absolute Gasteiger partial charge is 0.264 e. The summed E-state index contributed by atoms with van der Waals surface area (Å²) >= 11 is 3.43. The molecule has 0 fully saturated rings. The van der Waals surface area contributed by atoms with Crippen molar-refractivity contribution in [2.75, 3.05) is 6.61 Å². The number of rotatable bonds is 5. The highest BCUT2D eigenvalue weighted by atomic mass is 79.9. The molecule has 0 aromatic heterocycles. The number of fused-ring (bicyclic) bond motifs is 1. The van der Waals surface area contributed by atoms with Gasteiger partial charge in [-0.05, 0) is 49.6 Å². The number of halogens is 1. The molecule has 2 aromatic rings. The van der Waals surface area contributed by atoms with Gasteiger partial charge in [0, 0.05) is 10.5 Å². The fourth-order valence-electron chi connectivity index (χ4n) is 2.59. The quantitative estimate of drug-likeness (QED) is 0.847. The van der Waals surface area contributed by atoms with Gasteiger partial charge >= 0.3 is 0 Å². The highest BCUT2D eigenvalue weighted by Gasteiger charge is 2.27. The van der Waals surface area contributed by atoms with Gasteiger partial charge in [0.25, 0.3) is 5.91 Å². The predicted molar refractivity (Wildman–Crippen MR) is 96.4 cm³/mol. The van der Waals surface area contributed by atoms with E-state index in [9.17, 15) is 4.79 Å². The van der Waals surface area contributed by atoms with Gasteiger partial charge in [-0.15, -0.1) is 0 Å². The van der Waals surface area contributed by atoms with Crippen molar-refractivity contribution in [2.45, 2.75) is 31.9 Å². The monoisotopic (exact) mass is 389 g/mol. The van der Waals surface area contributed by atoms with Crippen LogP contribution >= 0.6 is 15.9 Å². The van der Waals surface area contributed by atoms with E-state index in [2.05, 4.69) is 33.4 Å². The minimum atomic E-state index is -0.602. The number of hydrogen-bond acceptors (Lipinski definition) is 3. The second-order valence-corrected chi connectivity index (χ2v) is 6.85. The number of ether oxygens (including phenoxy) is 2. The number of carbonyl (C=O) groups excluding carboxylic acids is 1. The fraction of sp³-hybridized carbons (Fsp3) is 0.316. The van der Waals surface area contributed by atoms with Crippen molar-refractivity contribution < 1.29 is 14.3 Å². The molecule has 3 rings (SSSR count). The summed E-state index contributed by atoms with van der Waals surface area (Å²) in [4.78, 5) is 12.4. The molecule has 1 aliphatic heterocycles. The number of carbonyl (C=O) groups is 1. The average molecular weight is 390 g/mol. The maximum atomic E-state index is 12.4. The van der Waals surface area contributed by atoms with Crippen molar-refractivity contribution in [3.8, 4) is 11.5 Å². The topological polar surface area (TPSA) is 47.6 Å². The van der Waals surface area contributed by atoms with Crippen LogP contribution in [0.1, 0.15) is 18.9 Å². The third kappa shape index (κ3) is 4.29. The molecule has 0 spiro atoms. The van der Waals surface area contributed by atoms with Crippen molar-refractivity contribution in [1.29, 1.82) is 0 Å². The van der Waals surface area contributed by atoms with Gasteiger partial charge < -0.3 is 14.8 Å². The number of benzene rings is 2. The second-order valence-electron chi connectivity index (χ2n) is 5.94. The molecule has 4 nitrogen and oxygen atoms in total. The normalized spacial score (nSPS) is 17.2. The summed E-state index contributed by atoms with van der Waals surface area (Å²) in [5, 5.41) is 3.01. The van der Waals surface area contributed by atoms with Crippen molar-refractivity contribution in [3.05, 3.63) is 58.6 Å². The lowest BCUT2D eigenvalue weighted by atomic mass is 10.1. The Morgan fingerprint density at radius 2 is 1.92 bits per heavy atom. The Bertz CT molecular complexity index is 702.